The van der Waals surface area contributed by atoms with Crippen LogP contribution in [0.15, 0.2) is 30.3 Å². The largest absolute Gasteiger partial charge is 0.298 e. The predicted molar refractivity (Wildman–Crippen MR) is 68.8 cm³/mol. The van der Waals surface area contributed by atoms with Crippen LogP contribution in [0.5, 0.6) is 0 Å². The molecule has 0 aliphatic heterocycles. The molecule has 0 amide bonds. The van der Waals surface area contributed by atoms with E-state index in [1.807, 2.05) is 30.3 Å². The van der Waals surface area contributed by atoms with E-state index in [-0.39, 0.29) is 5.78 Å². The van der Waals surface area contributed by atoms with Crippen LogP contribution in [0.2, 0.25) is 0 Å². The second-order valence-corrected chi connectivity index (χ2v) is 4.49. The number of rotatable bonds is 7. The molecule has 16 heavy (non-hydrogen) atoms. The Labute approximate surface area is 103 Å². The number of hydrogen-bond acceptors (Lipinski definition) is 1. The summed E-state index contributed by atoms with van der Waals surface area (Å²) >= 11 is 6.12. The second-order valence-electron chi connectivity index (χ2n) is 4.05. The van der Waals surface area contributed by atoms with Gasteiger partial charge in [-0.1, -0.05) is 56.5 Å². The van der Waals surface area contributed by atoms with Crippen molar-refractivity contribution in [3.8, 4) is 0 Å². The van der Waals surface area contributed by atoms with Gasteiger partial charge in [0.1, 0.15) is 5.38 Å². The van der Waals surface area contributed by atoms with Crippen molar-refractivity contribution in [3.05, 3.63) is 35.9 Å². The Morgan fingerprint density at radius 3 is 2.50 bits per heavy atom. The number of hydrogen-bond donors (Lipinski definition) is 0. The summed E-state index contributed by atoms with van der Waals surface area (Å²) in [5.41, 5.74) is 0.907. The fraction of sp³-hybridized carbons (Fsp3) is 0.500. The zero-order valence-corrected chi connectivity index (χ0v) is 10.5. The van der Waals surface area contributed by atoms with Gasteiger partial charge in [0.05, 0.1) is 0 Å². The molecule has 88 valence electrons. The molecule has 0 radical (unpaired) electrons. The fourth-order valence-corrected chi connectivity index (χ4v) is 1.92. The van der Waals surface area contributed by atoms with Gasteiger partial charge >= 0.3 is 0 Å². The van der Waals surface area contributed by atoms with Gasteiger partial charge in [-0.2, -0.15) is 0 Å². The van der Waals surface area contributed by atoms with E-state index in [4.69, 9.17) is 11.6 Å². The number of halogens is 1. The van der Waals surface area contributed by atoms with Crippen LogP contribution in [-0.4, -0.2) is 5.78 Å². The number of alkyl halides is 1. The maximum Gasteiger partial charge on any atom is 0.155 e. The maximum atomic E-state index is 11.8. The lowest BCUT2D eigenvalue weighted by molar-refractivity contribution is -0.118. The lowest BCUT2D eigenvalue weighted by Gasteiger charge is -2.08. The molecule has 0 fully saturated rings. The standard InChI is InChI=1S/C14H19ClO/c1-2-3-4-8-11-13(16)14(15)12-9-6-5-7-10-12/h5-7,9-10,14H,2-4,8,11H2,1H3. The summed E-state index contributed by atoms with van der Waals surface area (Å²) in [7, 11) is 0. The minimum Gasteiger partial charge on any atom is -0.298 e. The van der Waals surface area contributed by atoms with Crippen molar-refractivity contribution in [2.24, 2.45) is 0 Å². The van der Waals surface area contributed by atoms with Gasteiger partial charge < -0.3 is 0 Å². The van der Waals surface area contributed by atoms with Crippen molar-refractivity contribution in [2.45, 2.75) is 44.4 Å². The zero-order chi connectivity index (χ0) is 11.8. The average Bonchev–Trinajstić information content (AvgIpc) is 2.34. The monoisotopic (exact) mass is 238 g/mol. The minimum atomic E-state index is -0.470. The summed E-state index contributed by atoms with van der Waals surface area (Å²) in [5, 5.41) is -0.470. The van der Waals surface area contributed by atoms with Crippen LogP contribution >= 0.6 is 11.6 Å². The molecule has 0 heterocycles. The molecule has 0 aromatic heterocycles. The van der Waals surface area contributed by atoms with Gasteiger partial charge in [0.2, 0.25) is 0 Å². The summed E-state index contributed by atoms with van der Waals surface area (Å²) in [4.78, 5) is 11.8. The second kappa shape index (κ2) is 7.45. The number of carbonyl (C=O) groups is 1. The van der Waals surface area contributed by atoms with Crippen molar-refractivity contribution in [3.63, 3.8) is 0 Å². The maximum absolute atomic E-state index is 11.8. The molecule has 2 heteroatoms. The number of Topliss-reactive ketones (excluding diaryl/α,β-unsaturated/α-hetero) is 1. The van der Waals surface area contributed by atoms with Gasteiger partial charge in [0, 0.05) is 6.42 Å². The first kappa shape index (κ1) is 13.2. The third-order valence-corrected chi connectivity index (χ3v) is 3.15. The Morgan fingerprint density at radius 1 is 1.19 bits per heavy atom. The van der Waals surface area contributed by atoms with Gasteiger partial charge in [-0.15, -0.1) is 11.6 Å². The highest BCUT2D eigenvalue weighted by atomic mass is 35.5. The Kier molecular flexibility index (Phi) is 6.17. The molecule has 0 aliphatic rings. The normalized spacial score (nSPS) is 12.4. The lowest BCUT2D eigenvalue weighted by Crippen LogP contribution is -2.06. The molecular formula is C14H19ClO. The molecule has 0 bridgehead atoms. The highest BCUT2D eigenvalue weighted by Crippen LogP contribution is 2.23. The van der Waals surface area contributed by atoms with Crippen LogP contribution in [0.25, 0.3) is 0 Å². The van der Waals surface area contributed by atoms with Crippen LogP contribution in [0.4, 0.5) is 0 Å². The van der Waals surface area contributed by atoms with Crippen LogP contribution in [-0.2, 0) is 4.79 Å². The zero-order valence-electron chi connectivity index (χ0n) is 9.79. The Hall–Kier alpha value is -0.820. The van der Waals surface area contributed by atoms with Gasteiger partial charge in [0.25, 0.3) is 0 Å². The van der Waals surface area contributed by atoms with Gasteiger partial charge in [-0.05, 0) is 12.0 Å². The van der Waals surface area contributed by atoms with Gasteiger partial charge in [-0.25, -0.2) is 0 Å². The Balaban J connectivity index is 2.37. The van der Waals surface area contributed by atoms with E-state index in [1.54, 1.807) is 0 Å². The molecular weight excluding hydrogens is 220 g/mol. The first-order chi connectivity index (χ1) is 7.75. The van der Waals surface area contributed by atoms with Crippen molar-refractivity contribution >= 4 is 17.4 Å². The molecule has 0 saturated heterocycles. The molecule has 0 spiro atoms. The highest BCUT2D eigenvalue weighted by Gasteiger charge is 2.16. The molecule has 1 rings (SSSR count). The number of unbranched alkanes of at least 4 members (excludes halogenated alkanes) is 3. The lowest BCUT2D eigenvalue weighted by atomic mass is 10.0. The summed E-state index contributed by atoms with van der Waals surface area (Å²) in [6.45, 7) is 2.16. The molecule has 1 unspecified atom stereocenters. The first-order valence-electron chi connectivity index (χ1n) is 5.97. The van der Waals surface area contributed by atoms with Crippen molar-refractivity contribution in [2.75, 3.05) is 0 Å². The molecule has 1 aromatic rings. The average molecular weight is 239 g/mol. The van der Waals surface area contributed by atoms with E-state index in [1.165, 1.54) is 12.8 Å². The van der Waals surface area contributed by atoms with E-state index >= 15 is 0 Å². The highest BCUT2D eigenvalue weighted by molar-refractivity contribution is 6.31. The topological polar surface area (TPSA) is 17.1 Å². The fourth-order valence-electron chi connectivity index (χ4n) is 1.66. The summed E-state index contributed by atoms with van der Waals surface area (Å²) in [5.74, 6) is 0.143. The molecule has 1 atom stereocenters. The van der Waals surface area contributed by atoms with Gasteiger partial charge in [0.15, 0.2) is 5.78 Å². The van der Waals surface area contributed by atoms with Gasteiger partial charge in [-0.3, -0.25) is 4.79 Å². The minimum absolute atomic E-state index is 0.143. The molecule has 0 N–H and O–H groups in total. The van der Waals surface area contributed by atoms with E-state index < -0.39 is 5.38 Å². The van der Waals surface area contributed by atoms with E-state index in [2.05, 4.69) is 6.92 Å². The number of ketones is 1. The van der Waals surface area contributed by atoms with Crippen molar-refractivity contribution < 1.29 is 4.79 Å². The van der Waals surface area contributed by atoms with Crippen LogP contribution in [0.3, 0.4) is 0 Å². The van der Waals surface area contributed by atoms with E-state index in [0.717, 1.165) is 18.4 Å². The molecule has 1 nitrogen and oxygen atoms in total. The quantitative estimate of drug-likeness (QED) is 0.505. The SMILES string of the molecule is CCCCCCC(=O)C(Cl)c1ccccc1. The third-order valence-electron chi connectivity index (χ3n) is 2.65. The predicted octanol–water partition coefficient (Wildman–Crippen LogP) is 4.51. The molecule has 0 saturated carbocycles. The third kappa shape index (κ3) is 4.36. The van der Waals surface area contributed by atoms with Crippen LogP contribution < -0.4 is 0 Å². The van der Waals surface area contributed by atoms with Crippen LogP contribution in [0, 0.1) is 0 Å². The smallest absolute Gasteiger partial charge is 0.155 e. The summed E-state index contributed by atoms with van der Waals surface area (Å²) < 4.78 is 0. The number of benzene rings is 1. The first-order valence-corrected chi connectivity index (χ1v) is 6.41. The molecule has 1 aromatic carbocycles. The Bertz CT molecular complexity index is 308. The van der Waals surface area contributed by atoms with E-state index in [0.29, 0.717) is 6.42 Å². The summed E-state index contributed by atoms with van der Waals surface area (Å²) in [6.07, 6.45) is 5.08. The number of carbonyl (C=O) groups excluding carboxylic acids is 1. The summed E-state index contributed by atoms with van der Waals surface area (Å²) in [6, 6.07) is 9.56. The van der Waals surface area contributed by atoms with E-state index in [9.17, 15) is 4.79 Å². The van der Waals surface area contributed by atoms with Crippen molar-refractivity contribution in [1.29, 1.82) is 0 Å². The van der Waals surface area contributed by atoms with Crippen molar-refractivity contribution in [1.82, 2.24) is 0 Å². The Morgan fingerprint density at radius 2 is 1.88 bits per heavy atom. The van der Waals surface area contributed by atoms with Crippen LogP contribution in [0.1, 0.15) is 50.0 Å². The molecule has 0 aliphatic carbocycles.